The van der Waals surface area contributed by atoms with E-state index in [1.165, 1.54) is 14.2 Å². The first-order valence-electron chi connectivity index (χ1n) is 8.68. The van der Waals surface area contributed by atoms with Gasteiger partial charge in [-0.2, -0.15) is 0 Å². The van der Waals surface area contributed by atoms with E-state index in [2.05, 4.69) is 5.32 Å². The van der Waals surface area contributed by atoms with Crippen LogP contribution in [0.15, 0.2) is 41.3 Å². The monoisotopic (exact) mass is 407 g/mol. The maximum absolute atomic E-state index is 12.9. The second-order valence-electron chi connectivity index (χ2n) is 6.08. The minimum atomic E-state index is -0.223. The molecule has 1 fully saturated rings. The lowest BCUT2D eigenvalue weighted by molar-refractivity contribution is 0.102. The molecule has 1 unspecified atom stereocenters. The standard InChI is InChI=1S/C20H22ClNO4S/c1-24-17-10-15(21)16(11-18(17)25-2)22-20(23)14-7-3-4-8-19(14)27-12-13-6-5-9-26-13/h3-4,7-8,10-11,13H,5-6,9,12H2,1-2H3,(H,22,23). The maximum atomic E-state index is 12.9. The topological polar surface area (TPSA) is 56.8 Å². The Morgan fingerprint density at radius 2 is 2.00 bits per heavy atom. The van der Waals surface area contributed by atoms with E-state index in [1.807, 2.05) is 24.3 Å². The SMILES string of the molecule is COc1cc(Cl)c(NC(=O)c2ccccc2SCC2CCCO2)cc1OC. The Morgan fingerprint density at radius 3 is 2.70 bits per heavy atom. The molecule has 2 aromatic carbocycles. The van der Waals surface area contributed by atoms with Crippen LogP contribution in [-0.4, -0.2) is 38.6 Å². The lowest BCUT2D eigenvalue weighted by atomic mass is 10.2. The van der Waals surface area contributed by atoms with E-state index in [1.54, 1.807) is 23.9 Å². The summed E-state index contributed by atoms with van der Waals surface area (Å²) in [6.07, 6.45) is 2.43. The molecule has 1 aliphatic rings. The van der Waals surface area contributed by atoms with Crippen molar-refractivity contribution in [2.75, 3.05) is 31.9 Å². The van der Waals surface area contributed by atoms with Crippen LogP contribution in [0.3, 0.4) is 0 Å². The van der Waals surface area contributed by atoms with Crippen molar-refractivity contribution in [2.24, 2.45) is 0 Å². The van der Waals surface area contributed by atoms with Crippen LogP contribution in [0.1, 0.15) is 23.2 Å². The highest BCUT2D eigenvalue weighted by Crippen LogP contribution is 2.36. The number of anilines is 1. The fourth-order valence-corrected chi connectivity index (χ4v) is 4.20. The fraction of sp³-hybridized carbons (Fsp3) is 0.350. The van der Waals surface area contributed by atoms with Crippen molar-refractivity contribution in [3.63, 3.8) is 0 Å². The molecule has 144 valence electrons. The normalized spacial score (nSPS) is 16.2. The van der Waals surface area contributed by atoms with E-state index in [9.17, 15) is 4.79 Å². The van der Waals surface area contributed by atoms with Gasteiger partial charge in [-0.1, -0.05) is 23.7 Å². The number of carbonyl (C=O) groups excluding carboxylic acids is 1. The zero-order chi connectivity index (χ0) is 19.2. The number of ether oxygens (including phenoxy) is 3. The fourth-order valence-electron chi connectivity index (χ4n) is 2.88. The number of rotatable bonds is 7. The molecule has 5 nitrogen and oxygen atoms in total. The first-order chi connectivity index (χ1) is 13.1. The smallest absolute Gasteiger partial charge is 0.256 e. The highest BCUT2D eigenvalue weighted by atomic mass is 35.5. The van der Waals surface area contributed by atoms with E-state index < -0.39 is 0 Å². The van der Waals surface area contributed by atoms with Gasteiger partial charge in [-0.05, 0) is 25.0 Å². The third-order valence-corrected chi connectivity index (χ3v) is 5.82. The summed E-state index contributed by atoms with van der Waals surface area (Å²) in [5.74, 6) is 1.62. The maximum Gasteiger partial charge on any atom is 0.256 e. The Kier molecular flexibility index (Phi) is 6.88. The third kappa shape index (κ3) is 4.89. The molecule has 27 heavy (non-hydrogen) atoms. The van der Waals surface area contributed by atoms with Crippen LogP contribution in [0, 0.1) is 0 Å². The Hall–Kier alpha value is -1.89. The first kappa shape index (κ1) is 19.9. The third-order valence-electron chi connectivity index (χ3n) is 4.30. The molecule has 0 radical (unpaired) electrons. The van der Waals surface area contributed by atoms with Gasteiger partial charge in [0, 0.05) is 29.4 Å². The van der Waals surface area contributed by atoms with Gasteiger partial charge in [0.25, 0.3) is 5.91 Å². The Balaban J connectivity index is 1.76. The molecule has 0 aliphatic carbocycles. The summed E-state index contributed by atoms with van der Waals surface area (Å²) in [4.78, 5) is 13.8. The van der Waals surface area contributed by atoms with Gasteiger partial charge in [0.2, 0.25) is 0 Å². The molecule has 7 heteroatoms. The van der Waals surface area contributed by atoms with Gasteiger partial charge in [-0.3, -0.25) is 4.79 Å². The zero-order valence-corrected chi connectivity index (χ0v) is 16.9. The number of hydrogen-bond donors (Lipinski definition) is 1. The van der Waals surface area contributed by atoms with E-state index in [0.29, 0.717) is 27.8 Å². The average Bonchev–Trinajstić information content (AvgIpc) is 3.21. The molecule has 0 aromatic heterocycles. The van der Waals surface area contributed by atoms with Crippen LogP contribution >= 0.6 is 23.4 Å². The number of carbonyl (C=O) groups is 1. The number of halogens is 1. The lowest BCUT2D eigenvalue weighted by Crippen LogP contribution is -2.14. The summed E-state index contributed by atoms with van der Waals surface area (Å²) in [6.45, 7) is 0.825. The molecule has 0 saturated carbocycles. The molecule has 1 N–H and O–H groups in total. The quantitative estimate of drug-likeness (QED) is 0.663. The van der Waals surface area contributed by atoms with Crippen molar-refractivity contribution in [1.29, 1.82) is 0 Å². The van der Waals surface area contributed by atoms with E-state index in [0.717, 1.165) is 30.1 Å². The van der Waals surface area contributed by atoms with Crippen LogP contribution in [0.25, 0.3) is 0 Å². The summed E-state index contributed by atoms with van der Waals surface area (Å²) in [6, 6.07) is 10.8. The van der Waals surface area contributed by atoms with Crippen LogP contribution in [-0.2, 0) is 4.74 Å². The highest BCUT2D eigenvalue weighted by Gasteiger charge is 2.19. The minimum Gasteiger partial charge on any atom is -0.493 e. The Bertz CT molecular complexity index is 809. The summed E-state index contributed by atoms with van der Waals surface area (Å²) in [5, 5.41) is 3.25. The van der Waals surface area contributed by atoms with Gasteiger partial charge in [0.15, 0.2) is 11.5 Å². The average molecular weight is 408 g/mol. The zero-order valence-electron chi connectivity index (χ0n) is 15.3. The number of benzene rings is 2. The van der Waals surface area contributed by atoms with Gasteiger partial charge < -0.3 is 19.5 Å². The molecule has 1 saturated heterocycles. The highest BCUT2D eigenvalue weighted by molar-refractivity contribution is 7.99. The molecular formula is C20H22ClNO4S. The first-order valence-corrected chi connectivity index (χ1v) is 10.0. The second-order valence-corrected chi connectivity index (χ2v) is 7.55. The largest absolute Gasteiger partial charge is 0.493 e. The molecule has 1 heterocycles. The molecule has 1 amide bonds. The Labute approximate surface area is 168 Å². The molecule has 0 spiro atoms. The van der Waals surface area contributed by atoms with E-state index in [4.69, 9.17) is 25.8 Å². The van der Waals surface area contributed by atoms with Crippen molar-refractivity contribution >= 4 is 35.0 Å². The van der Waals surface area contributed by atoms with Crippen molar-refractivity contribution in [3.05, 3.63) is 47.0 Å². The Morgan fingerprint density at radius 1 is 1.26 bits per heavy atom. The van der Waals surface area contributed by atoms with Crippen molar-refractivity contribution in [3.8, 4) is 11.5 Å². The van der Waals surface area contributed by atoms with Crippen LogP contribution < -0.4 is 14.8 Å². The number of hydrogen-bond acceptors (Lipinski definition) is 5. The molecule has 3 rings (SSSR count). The van der Waals surface area contributed by atoms with Crippen molar-refractivity contribution in [2.45, 2.75) is 23.8 Å². The van der Waals surface area contributed by atoms with Gasteiger partial charge in [-0.15, -0.1) is 11.8 Å². The van der Waals surface area contributed by atoms with E-state index in [-0.39, 0.29) is 12.0 Å². The lowest BCUT2D eigenvalue weighted by Gasteiger charge is -2.14. The number of methoxy groups -OCH3 is 2. The van der Waals surface area contributed by atoms with Crippen LogP contribution in [0.4, 0.5) is 5.69 Å². The van der Waals surface area contributed by atoms with Gasteiger partial charge in [0.05, 0.1) is 36.6 Å². The predicted molar refractivity (Wildman–Crippen MR) is 109 cm³/mol. The summed E-state index contributed by atoms with van der Waals surface area (Å²) >= 11 is 7.92. The van der Waals surface area contributed by atoms with Gasteiger partial charge in [0.1, 0.15) is 0 Å². The second kappa shape index (κ2) is 9.35. The summed E-state index contributed by atoms with van der Waals surface area (Å²) < 4.78 is 16.2. The van der Waals surface area contributed by atoms with E-state index >= 15 is 0 Å². The summed E-state index contributed by atoms with van der Waals surface area (Å²) in [7, 11) is 3.07. The van der Waals surface area contributed by atoms with Crippen molar-refractivity contribution in [1.82, 2.24) is 0 Å². The predicted octanol–water partition coefficient (Wildman–Crippen LogP) is 4.88. The molecule has 1 atom stereocenters. The molecule has 2 aromatic rings. The summed E-state index contributed by atoms with van der Waals surface area (Å²) in [5.41, 5.74) is 1.07. The van der Waals surface area contributed by atoms with Gasteiger partial charge in [-0.25, -0.2) is 0 Å². The number of amides is 1. The molecule has 1 aliphatic heterocycles. The number of nitrogens with one attached hydrogen (secondary N) is 1. The van der Waals surface area contributed by atoms with Crippen molar-refractivity contribution < 1.29 is 19.0 Å². The molecular weight excluding hydrogens is 386 g/mol. The van der Waals surface area contributed by atoms with Gasteiger partial charge >= 0.3 is 0 Å². The molecule has 0 bridgehead atoms. The van der Waals surface area contributed by atoms with Crippen LogP contribution in [0.2, 0.25) is 5.02 Å². The minimum absolute atomic E-state index is 0.223. The number of thioether (sulfide) groups is 1. The van der Waals surface area contributed by atoms with Crippen LogP contribution in [0.5, 0.6) is 11.5 Å².